The van der Waals surface area contributed by atoms with Gasteiger partial charge in [0.15, 0.2) is 5.69 Å². The Morgan fingerprint density at radius 3 is 1.23 bits per heavy atom. The Balaban J connectivity index is 0.000000417. The first-order chi connectivity index (χ1) is 49.2. The van der Waals surface area contributed by atoms with Gasteiger partial charge < -0.3 is 52.1 Å². The Kier molecular flexibility index (Phi) is 30.2. The number of aromatic nitrogens is 6. The van der Waals surface area contributed by atoms with Crippen molar-refractivity contribution in [1.29, 1.82) is 0 Å². The van der Waals surface area contributed by atoms with Gasteiger partial charge in [0.05, 0.1) is 36.8 Å². The molecule has 2 N–H and O–H groups in total. The van der Waals surface area contributed by atoms with Crippen LogP contribution < -0.4 is 20.1 Å². The van der Waals surface area contributed by atoms with Crippen molar-refractivity contribution in [1.82, 2.24) is 30.4 Å². The zero-order valence-electron chi connectivity index (χ0n) is 61.2. The van der Waals surface area contributed by atoms with E-state index in [0.717, 1.165) is 25.0 Å². The van der Waals surface area contributed by atoms with Gasteiger partial charge in [-0.05, 0) is 146 Å². The summed E-state index contributed by atoms with van der Waals surface area (Å²) in [6, 6.07) is 16.1. The van der Waals surface area contributed by atoms with Crippen molar-refractivity contribution in [3.8, 4) is 29.0 Å². The van der Waals surface area contributed by atoms with Crippen molar-refractivity contribution in [2.45, 2.75) is 219 Å². The first kappa shape index (κ1) is 89.5. The summed E-state index contributed by atoms with van der Waals surface area (Å²) in [7, 11) is 0. The Bertz CT molecular complexity index is 4000. The highest BCUT2D eigenvalue weighted by Crippen LogP contribution is 2.50. The van der Waals surface area contributed by atoms with E-state index in [9.17, 15) is 76.7 Å². The molecule has 0 aliphatic heterocycles. The van der Waals surface area contributed by atoms with Gasteiger partial charge in [0.1, 0.15) is 39.2 Å². The zero-order valence-corrected chi connectivity index (χ0v) is 61.2. The monoisotopic (exact) mass is 1530 g/mol. The van der Waals surface area contributed by atoms with Crippen LogP contribution in [0.5, 0.6) is 5.88 Å². The van der Waals surface area contributed by atoms with Crippen molar-refractivity contribution in [3.05, 3.63) is 168 Å². The summed E-state index contributed by atoms with van der Waals surface area (Å²) in [5.41, 5.74) is -20.2. The number of imide groups is 2. The number of alkyl halides is 12. The van der Waals surface area contributed by atoms with Crippen LogP contribution in [-0.2, 0) is 65.2 Å². The number of benzene rings is 2. The molecule has 0 bridgehead atoms. The summed E-state index contributed by atoms with van der Waals surface area (Å²) < 4.78 is 223. The number of nitrogens with one attached hydrogen (secondary N) is 1. The molecule has 0 fully saturated rings. The molecule has 23 nitrogen and oxygen atoms in total. The molecule has 2 aromatic carbocycles. The number of halogens is 12. The highest BCUT2D eigenvalue weighted by Gasteiger charge is 2.62. The maximum absolute atomic E-state index is 15.0. The molecule has 4 amide bonds. The molecule has 0 unspecified atom stereocenters. The number of aromatic amines is 1. The lowest BCUT2D eigenvalue weighted by Gasteiger charge is -2.31. The lowest BCUT2D eigenvalue weighted by Crippen LogP contribution is -2.45. The van der Waals surface area contributed by atoms with Gasteiger partial charge in [-0.25, -0.2) is 24.2 Å². The Morgan fingerprint density at radius 2 is 0.888 bits per heavy atom. The van der Waals surface area contributed by atoms with E-state index in [0.29, 0.717) is 23.6 Å². The fourth-order valence-electron chi connectivity index (χ4n) is 8.90. The van der Waals surface area contributed by atoms with E-state index in [2.05, 4.69) is 51.7 Å². The van der Waals surface area contributed by atoms with Gasteiger partial charge in [-0.3, -0.25) is 4.79 Å². The van der Waals surface area contributed by atoms with E-state index in [1.807, 2.05) is 6.08 Å². The van der Waals surface area contributed by atoms with E-state index >= 15 is 0 Å². The summed E-state index contributed by atoms with van der Waals surface area (Å²) in [6.45, 7) is 32.8. The number of pyridine rings is 2. The number of anilines is 2. The maximum atomic E-state index is 15.0. The molecular weight excluding hydrogens is 1440 g/mol. The molecule has 4 aromatic heterocycles. The number of hydrogen-bond acceptors (Lipinski definition) is 20. The normalized spacial score (nSPS) is 14.0. The second kappa shape index (κ2) is 36.1. The third-order valence-electron chi connectivity index (χ3n) is 13.7. The molecule has 4 heterocycles. The number of carbonyl (C=O) groups excluding carboxylic acids is 4. The molecule has 4 atom stereocenters. The minimum atomic E-state index is -5.32. The van der Waals surface area contributed by atoms with E-state index < -0.39 is 184 Å². The summed E-state index contributed by atoms with van der Waals surface area (Å²) in [5.74, 6) is -5.41. The number of aliphatic hydroxyl groups excluding tert-OH is 1. The van der Waals surface area contributed by atoms with E-state index in [1.54, 1.807) is 48.3 Å². The van der Waals surface area contributed by atoms with Crippen LogP contribution in [-0.4, -0.2) is 107 Å². The van der Waals surface area contributed by atoms with Gasteiger partial charge in [-0.15, -0.1) is 46.7 Å². The molecule has 0 spiro atoms. The standard InChI is InChI=1S/C36H42F6N4O7.C30H32F6N4O7.C6H12O/c1-10-12-16-22(3)50-27-24(35(37,38)39)20-25(46(30(47)52-32(4,5)6)31(48)53-33(7,8)9)26(43-27)28-44-45-29(51-28)34(19-11-2,36(40,41)42)49-21-23-17-14-13-15-18-23;1-8-14-28(30(34,35)36,44-16-17-12-10-9-11-13-17)23-39-38-22(45-23)20-19(15-18(21(41)37-20)29(31,32)33)40(24(42)46-26(2,3)4)25(43)47-27(5,6)7;1-3-4-5-6(2)7/h10-11,13-15,17-18,20,22H,1-2,12,16,19,21H2,3-9H3;8-13,15H,1,14,16H2,2-7H3,(H,37,41);3,6-7H,1,4-5H2,2H3/t22-,34-;28-;6-/m110/s1. The fourth-order valence-corrected chi connectivity index (χ4v) is 8.90. The largest absolute Gasteiger partial charge is 0.474 e. The fraction of sp³-hybridized carbons (Fsp3) is 0.472. The molecule has 6 aromatic rings. The number of aliphatic hydroxyl groups is 1. The SMILES string of the molecule is C=CCC[C@@H](C)Oc1nc(-c2nnc([C@@](CC=C)(OCc3ccccc3)C(F)(F)F)o2)c(N(C(=O)OC(C)(C)C)C(=O)OC(C)(C)C)cc1C(F)(F)F.C=CCC[C@H](C)O.C=CC[C@@](OCc1ccccc1)(c1nnc(-c2[nH]c(=O)c(C(F)(F)F)cc2N(C(=O)OC(C)(C)C)C(=O)OC(C)(C)C)o1)C(F)(F)F. The van der Waals surface area contributed by atoms with Crippen molar-refractivity contribution < 1.29 is 119 Å². The van der Waals surface area contributed by atoms with Crippen molar-refractivity contribution in [2.75, 3.05) is 9.80 Å². The molecule has 588 valence electrons. The summed E-state index contributed by atoms with van der Waals surface area (Å²) >= 11 is 0. The Hall–Kier alpha value is -9.90. The van der Waals surface area contributed by atoms with Gasteiger partial charge in [-0.2, -0.15) is 62.5 Å². The lowest BCUT2D eigenvalue weighted by molar-refractivity contribution is -0.296. The molecule has 0 saturated heterocycles. The van der Waals surface area contributed by atoms with Gasteiger partial charge in [0.2, 0.25) is 17.1 Å². The average molecular weight is 1530 g/mol. The van der Waals surface area contributed by atoms with Crippen LogP contribution in [0.3, 0.4) is 0 Å². The molecule has 35 heteroatoms. The van der Waals surface area contributed by atoms with Gasteiger partial charge in [-0.1, -0.05) is 85.0 Å². The van der Waals surface area contributed by atoms with Gasteiger partial charge in [0.25, 0.3) is 29.1 Å². The number of carbonyl (C=O) groups is 4. The number of nitrogens with zero attached hydrogens (tertiary/aromatic N) is 7. The van der Waals surface area contributed by atoms with E-state index in [4.69, 9.17) is 47.1 Å². The molecule has 0 aliphatic carbocycles. The van der Waals surface area contributed by atoms with Crippen molar-refractivity contribution in [3.63, 3.8) is 0 Å². The summed E-state index contributed by atoms with van der Waals surface area (Å²) in [6.07, 6.45) is -22.7. The minimum absolute atomic E-state index is 0.0214. The second-order valence-corrected chi connectivity index (χ2v) is 27.6. The quantitative estimate of drug-likeness (QED) is 0.0323. The molecule has 0 radical (unpaired) electrons. The smallest absolute Gasteiger partial charge is 0.426 e. The van der Waals surface area contributed by atoms with Crippen LogP contribution in [0.2, 0.25) is 0 Å². The topological polar surface area (TPSA) is 283 Å². The first-order valence-electron chi connectivity index (χ1n) is 32.6. The highest BCUT2D eigenvalue weighted by molar-refractivity contribution is 6.12. The van der Waals surface area contributed by atoms with E-state index in [1.165, 1.54) is 120 Å². The third-order valence-corrected chi connectivity index (χ3v) is 13.7. The van der Waals surface area contributed by atoms with Crippen molar-refractivity contribution in [2.24, 2.45) is 0 Å². The highest BCUT2D eigenvalue weighted by atomic mass is 19.4. The van der Waals surface area contributed by atoms with E-state index in [-0.39, 0.29) is 28.4 Å². The van der Waals surface area contributed by atoms with Crippen LogP contribution in [0.15, 0.2) is 137 Å². The molecule has 6 rings (SSSR count). The average Bonchev–Trinajstić information content (AvgIpc) is 1.69. The second-order valence-electron chi connectivity index (χ2n) is 27.6. The van der Waals surface area contributed by atoms with Crippen LogP contribution in [0.1, 0.15) is 169 Å². The Labute approximate surface area is 609 Å². The van der Waals surface area contributed by atoms with Crippen LogP contribution >= 0.6 is 0 Å². The lowest BCUT2D eigenvalue weighted by atomic mass is 9.98. The molecular formula is C72H86F12N8O15. The number of amides is 4. The van der Waals surface area contributed by atoms with Crippen LogP contribution in [0, 0.1) is 0 Å². The number of allylic oxidation sites excluding steroid dienone is 2. The third kappa shape index (κ3) is 25.7. The minimum Gasteiger partial charge on any atom is -0.474 e. The van der Waals surface area contributed by atoms with Gasteiger partial charge >= 0.3 is 49.1 Å². The van der Waals surface area contributed by atoms with Crippen molar-refractivity contribution >= 4 is 35.7 Å². The zero-order chi connectivity index (χ0) is 81.3. The summed E-state index contributed by atoms with van der Waals surface area (Å²) in [5, 5.41) is 22.9. The molecule has 0 saturated carbocycles. The number of H-pyrrole nitrogens is 1. The molecule has 0 aliphatic rings. The first-order valence-corrected chi connectivity index (χ1v) is 32.6. The maximum Gasteiger partial charge on any atom is 0.426 e. The summed E-state index contributed by atoms with van der Waals surface area (Å²) in [4.78, 5) is 72.4. The van der Waals surface area contributed by atoms with Crippen LogP contribution in [0.4, 0.5) is 83.2 Å². The predicted molar refractivity (Wildman–Crippen MR) is 366 cm³/mol. The number of rotatable bonds is 24. The Morgan fingerprint density at radius 1 is 0.523 bits per heavy atom. The number of ether oxygens (including phenoxy) is 7. The van der Waals surface area contributed by atoms with Gasteiger partial charge in [0, 0.05) is 12.8 Å². The predicted octanol–water partition coefficient (Wildman–Crippen LogP) is 19.1. The van der Waals surface area contributed by atoms with Crippen LogP contribution in [0.25, 0.3) is 23.2 Å². The molecule has 107 heavy (non-hydrogen) atoms. The number of hydrogen-bond donors (Lipinski definition) is 2.